The van der Waals surface area contributed by atoms with E-state index in [9.17, 15) is 4.39 Å². The lowest BCUT2D eigenvalue weighted by atomic mass is 10.1. The van der Waals surface area contributed by atoms with Crippen molar-refractivity contribution in [1.82, 2.24) is 10.2 Å². The molecule has 6 heteroatoms. The number of anilines is 1. The second-order valence-corrected chi connectivity index (χ2v) is 9.43. The largest absolute Gasteiger partial charge is 0.364 e. The zero-order valence-electron chi connectivity index (χ0n) is 17.7. The van der Waals surface area contributed by atoms with Crippen molar-refractivity contribution in [3.63, 3.8) is 0 Å². The Bertz CT molecular complexity index is 1060. The van der Waals surface area contributed by atoms with Crippen LogP contribution < -0.4 is 10.2 Å². The molecule has 3 aromatic rings. The summed E-state index contributed by atoms with van der Waals surface area (Å²) in [4.78, 5) is 10.9. The van der Waals surface area contributed by atoms with E-state index < -0.39 is 0 Å². The van der Waals surface area contributed by atoms with E-state index in [1.807, 2.05) is 23.5 Å². The summed E-state index contributed by atoms with van der Waals surface area (Å²) in [7, 11) is 0. The summed E-state index contributed by atoms with van der Waals surface area (Å²) < 4.78 is 13.1. The average molecular weight is 435 g/mol. The van der Waals surface area contributed by atoms with Crippen LogP contribution in [0.3, 0.4) is 0 Å². The highest BCUT2D eigenvalue weighted by Gasteiger charge is 2.25. The van der Waals surface area contributed by atoms with Gasteiger partial charge in [0.1, 0.15) is 11.7 Å². The fraction of sp³-hybridized carbons (Fsp3) is 0.320. The van der Waals surface area contributed by atoms with Crippen molar-refractivity contribution in [3.05, 3.63) is 88.0 Å². The van der Waals surface area contributed by atoms with Crippen molar-refractivity contribution in [2.45, 2.75) is 25.9 Å². The van der Waals surface area contributed by atoms with Gasteiger partial charge in [-0.15, -0.1) is 11.3 Å². The highest BCUT2D eigenvalue weighted by Crippen LogP contribution is 2.32. The summed E-state index contributed by atoms with van der Waals surface area (Å²) >= 11 is 1.83. The van der Waals surface area contributed by atoms with Gasteiger partial charge in [0.2, 0.25) is 0 Å². The first kappa shape index (κ1) is 20.2. The maximum Gasteiger partial charge on any atom is 0.139 e. The van der Waals surface area contributed by atoms with Gasteiger partial charge in [0.15, 0.2) is 0 Å². The van der Waals surface area contributed by atoms with E-state index in [0.29, 0.717) is 6.04 Å². The lowest BCUT2D eigenvalue weighted by Gasteiger charge is -2.18. The Hall–Kier alpha value is -2.70. The molecular formula is C25H27FN4S. The highest BCUT2D eigenvalue weighted by molar-refractivity contribution is 7.18. The normalized spacial score (nSPS) is 19.0. The standard InChI is InChI=1S/C25H27FN4S/c1-18-13-23(30-12-11-29(17-30)16-20-7-9-21(26)10-8-20)31-24(18)25-27-15-22(28-25)14-19-5-3-2-4-6-19/h2-10,13,22H,11-12,14-17H2,1H3,(H,27,28). The molecule has 0 radical (unpaired) electrons. The minimum atomic E-state index is -0.178. The van der Waals surface area contributed by atoms with E-state index in [4.69, 9.17) is 4.99 Å². The van der Waals surface area contributed by atoms with Gasteiger partial charge in [0, 0.05) is 19.6 Å². The molecule has 3 heterocycles. The summed E-state index contributed by atoms with van der Waals surface area (Å²) in [5.74, 6) is 0.861. The van der Waals surface area contributed by atoms with Crippen LogP contribution in [0.25, 0.3) is 0 Å². The predicted molar refractivity (Wildman–Crippen MR) is 127 cm³/mol. The zero-order chi connectivity index (χ0) is 21.2. The van der Waals surface area contributed by atoms with Gasteiger partial charge in [-0.2, -0.15) is 0 Å². The van der Waals surface area contributed by atoms with Crippen molar-refractivity contribution < 1.29 is 4.39 Å². The molecule has 2 aliphatic rings. The number of hydrogen-bond acceptors (Lipinski definition) is 5. The monoisotopic (exact) mass is 434 g/mol. The van der Waals surface area contributed by atoms with E-state index >= 15 is 0 Å². The van der Waals surface area contributed by atoms with E-state index in [1.165, 1.54) is 21.0 Å². The van der Waals surface area contributed by atoms with Crippen molar-refractivity contribution in [1.29, 1.82) is 0 Å². The average Bonchev–Trinajstić information content (AvgIpc) is 3.51. The summed E-state index contributed by atoms with van der Waals surface area (Å²) in [5, 5.41) is 4.94. The van der Waals surface area contributed by atoms with Crippen LogP contribution in [-0.2, 0) is 13.0 Å². The third kappa shape index (κ3) is 4.65. The number of aliphatic imine (C=N–C) groups is 1. The first-order valence-corrected chi connectivity index (χ1v) is 11.6. The molecule has 2 aliphatic heterocycles. The van der Waals surface area contributed by atoms with E-state index in [1.54, 1.807) is 12.1 Å². The molecule has 1 atom stereocenters. The maximum absolute atomic E-state index is 13.1. The first-order valence-electron chi connectivity index (χ1n) is 10.8. The number of thiophene rings is 1. The number of benzene rings is 2. The number of aryl methyl sites for hydroxylation is 1. The number of rotatable bonds is 6. The van der Waals surface area contributed by atoms with Crippen LogP contribution in [0.2, 0.25) is 0 Å². The smallest absolute Gasteiger partial charge is 0.139 e. The van der Waals surface area contributed by atoms with Crippen LogP contribution >= 0.6 is 11.3 Å². The van der Waals surface area contributed by atoms with Gasteiger partial charge in [-0.25, -0.2) is 4.39 Å². The zero-order valence-corrected chi connectivity index (χ0v) is 18.5. The van der Waals surface area contributed by atoms with Crippen molar-refractivity contribution in [2.24, 2.45) is 4.99 Å². The van der Waals surface area contributed by atoms with Crippen LogP contribution in [-0.4, -0.2) is 43.1 Å². The third-order valence-electron chi connectivity index (χ3n) is 5.94. The molecule has 5 rings (SSSR count). The summed E-state index contributed by atoms with van der Waals surface area (Å²) in [6.07, 6.45) is 0.996. The predicted octanol–water partition coefficient (Wildman–Crippen LogP) is 4.44. The van der Waals surface area contributed by atoms with Crippen molar-refractivity contribution in [3.8, 4) is 0 Å². The van der Waals surface area contributed by atoms with Gasteiger partial charge in [0.05, 0.1) is 29.1 Å². The Morgan fingerprint density at radius 1 is 1.06 bits per heavy atom. The van der Waals surface area contributed by atoms with Gasteiger partial charge in [-0.05, 0) is 48.2 Å². The van der Waals surface area contributed by atoms with Gasteiger partial charge in [-0.3, -0.25) is 9.89 Å². The topological polar surface area (TPSA) is 30.9 Å². The SMILES string of the molecule is Cc1cc(N2CCN(Cc3ccc(F)cc3)C2)sc1C1=NCC(Cc2ccccc2)N1. The van der Waals surface area contributed by atoms with Crippen LogP contribution in [0.4, 0.5) is 9.39 Å². The molecule has 0 bridgehead atoms. The Balaban J connectivity index is 1.20. The number of halogens is 1. The van der Waals surface area contributed by atoms with Gasteiger partial charge < -0.3 is 10.2 Å². The van der Waals surface area contributed by atoms with Crippen LogP contribution in [0.1, 0.15) is 21.6 Å². The lowest BCUT2D eigenvalue weighted by molar-refractivity contribution is 0.334. The van der Waals surface area contributed by atoms with Crippen LogP contribution in [0.15, 0.2) is 65.7 Å². The number of amidine groups is 1. The fourth-order valence-electron chi connectivity index (χ4n) is 4.30. The summed E-state index contributed by atoms with van der Waals surface area (Å²) in [6, 6.07) is 20.1. The van der Waals surface area contributed by atoms with E-state index in [0.717, 1.165) is 50.7 Å². The fourth-order valence-corrected chi connectivity index (χ4v) is 5.46. The molecule has 1 aromatic heterocycles. The molecule has 0 spiro atoms. The molecule has 160 valence electrons. The second-order valence-electron chi connectivity index (χ2n) is 8.40. The highest BCUT2D eigenvalue weighted by atomic mass is 32.1. The number of nitrogens with zero attached hydrogens (tertiary/aromatic N) is 3. The maximum atomic E-state index is 13.1. The summed E-state index contributed by atoms with van der Waals surface area (Å²) in [5.41, 5.74) is 3.78. The Morgan fingerprint density at radius 2 is 1.87 bits per heavy atom. The van der Waals surface area contributed by atoms with Gasteiger partial charge in [-0.1, -0.05) is 42.5 Å². The molecule has 0 amide bonds. The molecule has 1 fully saturated rings. The Morgan fingerprint density at radius 3 is 2.68 bits per heavy atom. The molecule has 2 aromatic carbocycles. The quantitative estimate of drug-likeness (QED) is 0.622. The van der Waals surface area contributed by atoms with Crippen LogP contribution in [0, 0.1) is 12.7 Å². The van der Waals surface area contributed by atoms with Crippen molar-refractivity contribution >= 4 is 22.2 Å². The molecular weight excluding hydrogens is 407 g/mol. The van der Waals surface area contributed by atoms with E-state index in [-0.39, 0.29) is 5.82 Å². The second kappa shape index (κ2) is 8.81. The minimum absolute atomic E-state index is 0.178. The number of hydrogen-bond donors (Lipinski definition) is 1. The molecule has 4 nitrogen and oxygen atoms in total. The van der Waals surface area contributed by atoms with Crippen LogP contribution in [0.5, 0.6) is 0 Å². The van der Waals surface area contributed by atoms with Gasteiger partial charge >= 0.3 is 0 Å². The van der Waals surface area contributed by atoms with Crippen molar-refractivity contribution in [2.75, 3.05) is 31.2 Å². The molecule has 31 heavy (non-hydrogen) atoms. The Labute approximate surface area is 187 Å². The Kier molecular flexibility index (Phi) is 5.74. The van der Waals surface area contributed by atoms with E-state index in [2.05, 4.69) is 58.4 Å². The van der Waals surface area contributed by atoms with Gasteiger partial charge in [0.25, 0.3) is 0 Å². The molecule has 0 aliphatic carbocycles. The molecule has 1 unspecified atom stereocenters. The molecule has 0 saturated carbocycles. The first-order chi connectivity index (χ1) is 15.1. The summed E-state index contributed by atoms with van der Waals surface area (Å²) in [6.45, 7) is 6.78. The number of nitrogens with one attached hydrogen (secondary N) is 1. The lowest BCUT2D eigenvalue weighted by Crippen LogP contribution is -2.32. The molecule has 1 N–H and O–H groups in total. The molecule has 1 saturated heterocycles. The minimum Gasteiger partial charge on any atom is -0.364 e. The third-order valence-corrected chi connectivity index (χ3v) is 7.25.